The van der Waals surface area contributed by atoms with Gasteiger partial charge in [-0.3, -0.25) is 0 Å². The molecule has 0 bridgehead atoms. The summed E-state index contributed by atoms with van der Waals surface area (Å²) in [5, 5.41) is 25.1. The minimum absolute atomic E-state index is 0.372. The molecule has 0 heterocycles. The third kappa shape index (κ3) is 43.7. The average Bonchev–Trinajstić information content (AvgIpc) is 2.61. The highest BCUT2D eigenvalue weighted by atomic mass is 16.5. The molecule has 0 rings (SSSR count). The van der Waals surface area contributed by atoms with Crippen molar-refractivity contribution in [2.24, 2.45) is 0 Å². The number of methoxy groups -OCH3 is 1. The Kier molecular flexibility index (Phi) is 37.2. The van der Waals surface area contributed by atoms with Crippen LogP contribution in [-0.4, -0.2) is 42.4 Å². The lowest BCUT2D eigenvalue weighted by Gasteiger charge is -2.00. The Balaban J connectivity index is -0.000000362. The zero-order chi connectivity index (χ0) is 20.3. The van der Waals surface area contributed by atoms with Crippen LogP contribution in [0.5, 0.6) is 0 Å². The van der Waals surface area contributed by atoms with Crippen LogP contribution >= 0.6 is 0 Å². The van der Waals surface area contributed by atoms with Gasteiger partial charge in [-0.25, -0.2) is 0 Å². The minimum Gasteiger partial charge on any atom is -0.396 e. The molecule has 0 atom stereocenters. The highest BCUT2D eigenvalue weighted by molar-refractivity contribution is 5.00. The van der Waals surface area contributed by atoms with Crippen molar-refractivity contribution in [1.29, 1.82) is 0 Å². The number of aliphatic hydroxyl groups excluding tert-OH is 2. The van der Waals surface area contributed by atoms with Crippen molar-refractivity contribution in [2.45, 2.75) is 110 Å². The van der Waals surface area contributed by atoms with Crippen molar-refractivity contribution < 1.29 is 20.1 Å². The van der Waals surface area contributed by atoms with Crippen molar-refractivity contribution in [2.75, 3.05) is 20.8 Å². The van der Waals surface area contributed by atoms with Gasteiger partial charge in [0.05, 0.1) is 0 Å². The number of rotatable bonds is 13. The SMILES string of the molecule is CCCCCC#CC(O)O.CCCCCCCCCCCCO.COC. The van der Waals surface area contributed by atoms with Crippen LogP contribution in [-0.2, 0) is 4.74 Å². The molecule has 0 saturated carbocycles. The number of hydrogen-bond acceptors (Lipinski definition) is 4. The van der Waals surface area contributed by atoms with Crippen molar-refractivity contribution in [3.05, 3.63) is 0 Å². The highest BCUT2D eigenvalue weighted by Gasteiger charge is 1.91. The van der Waals surface area contributed by atoms with Gasteiger partial charge in [-0.2, -0.15) is 0 Å². The van der Waals surface area contributed by atoms with E-state index in [9.17, 15) is 0 Å². The fourth-order valence-electron chi connectivity index (χ4n) is 2.23. The third-order valence-electron chi connectivity index (χ3n) is 3.65. The Bertz CT molecular complexity index is 259. The molecule has 0 aromatic rings. The second-order valence-corrected chi connectivity index (χ2v) is 6.47. The summed E-state index contributed by atoms with van der Waals surface area (Å²) in [5.41, 5.74) is 0. The first-order chi connectivity index (χ1) is 12.6. The van der Waals surface area contributed by atoms with Gasteiger partial charge in [0.25, 0.3) is 0 Å². The molecule has 0 radical (unpaired) electrons. The predicted octanol–water partition coefficient (Wildman–Crippen LogP) is 5.04. The molecule has 0 aliphatic carbocycles. The van der Waals surface area contributed by atoms with Crippen molar-refractivity contribution in [3.8, 4) is 11.8 Å². The Labute approximate surface area is 163 Å². The number of unbranched alkanes of at least 4 members (excludes halogenated alkanes) is 12. The summed E-state index contributed by atoms with van der Waals surface area (Å²) in [4.78, 5) is 0. The molecule has 158 valence electrons. The molecule has 0 amide bonds. The van der Waals surface area contributed by atoms with E-state index >= 15 is 0 Å². The summed E-state index contributed by atoms with van der Waals surface area (Å²) >= 11 is 0. The molecule has 0 spiro atoms. The minimum atomic E-state index is -1.46. The molecular formula is C22H46O4. The molecule has 0 aromatic carbocycles. The van der Waals surface area contributed by atoms with E-state index < -0.39 is 6.29 Å². The first-order valence-corrected chi connectivity index (χ1v) is 10.5. The summed E-state index contributed by atoms with van der Waals surface area (Å²) in [7, 11) is 3.25. The normalized spacial score (nSPS) is 9.54. The second-order valence-electron chi connectivity index (χ2n) is 6.47. The van der Waals surface area contributed by atoms with E-state index in [1.54, 1.807) is 14.2 Å². The van der Waals surface area contributed by atoms with Gasteiger partial charge < -0.3 is 20.1 Å². The molecular weight excluding hydrogens is 328 g/mol. The molecule has 4 nitrogen and oxygen atoms in total. The van der Waals surface area contributed by atoms with E-state index in [2.05, 4.69) is 30.4 Å². The van der Waals surface area contributed by atoms with E-state index in [0.717, 1.165) is 25.7 Å². The molecule has 0 aromatic heterocycles. The third-order valence-corrected chi connectivity index (χ3v) is 3.65. The van der Waals surface area contributed by atoms with E-state index in [0.29, 0.717) is 6.61 Å². The average molecular weight is 375 g/mol. The fraction of sp³-hybridized carbons (Fsp3) is 0.909. The monoisotopic (exact) mass is 374 g/mol. The largest absolute Gasteiger partial charge is 0.396 e. The number of ether oxygens (including phenoxy) is 1. The molecule has 4 heteroatoms. The van der Waals surface area contributed by atoms with E-state index in [1.807, 2.05) is 0 Å². The van der Waals surface area contributed by atoms with E-state index in [-0.39, 0.29) is 0 Å². The second kappa shape index (κ2) is 32.1. The number of aliphatic hydroxyl groups is 3. The van der Waals surface area contributed by atoms with Crippen LogP contribution in [0.3, 0.4) is 0 Å². The topological polar surface area (TPSA) is 69.9 Å². The lowest BCUT2D eigenvalue weighted by Crippen LogP contribution is -1.97. The Morgan fingerprint density at radius 2 is 1.08 bits per heavy atom. The first kappa shape index (κ1) is 30.1. The van der Waals surface area contributed by atoms with Crippen LogP contribution < -0.4 is 0 Å². The molecule has 0 aliphatic rings. The van der Waals surface area contributed by atoms with Crippen molar-refractivity contribution in [3.63, 3.8) is 0 Å². The summed E-state index contributed by atoms with van der Waals surface area (Å²) in [6.07, 6.45) is 16.0. The molecule has 3 N–H and O–H groups in total. The smallest absolute Gasteiger partial charge is 0.217 e. The van der Waals surface area contributed by atoms with Crippen LogP contribution in [0.2, 0.25) is 0 Å². The van der Waals surface area contributed by atoms with Crippen molar-refractivity contribution >= 4 is 0 Å². The zero-order valence-electron chi connectivity index (χ0n) is 17.9. The Hall–Kier alpha value is -0.600. The van der Waals surface area contributed by atoms with Crippen LogP contribution in [0.4, 0.5) is 0 Å². The fourth-order valence-corrected chi connectivity index (χ4v) is 2.23. The van der Waals surface area contributed by atoms with Gasteiger partial charge in [0.1, 0.15) is 0 Å². The zero-order valence-corrected chi connectivity index (χ0v) is 17.9. The van der Waals surface area contributed by atoms with Gasteiger partial charge in [0.15, 0.2) is 0 Å². The van der Waals surface area contributed by atoms with E-state index in [1.165, 1.54) is 64.2 Å². The first-order valence-electron chi connectivity index (χ1n) is 10.5. The van der Waals surface area contributed by atoms with Gasteiger partial charge in [-0.1, -0.05) is 90.4 Å². The summed E-state index contributed by atoms with van der Waals surface area (Å²) in [5.74, 6) is 4.94. The highest BCUT2D eigenvalue weighted by Crippen LogP contribution is 2.10. The molecule has 0 saturated heterocycles. The molecule has 0 fully saturated rings. The lowest BCUT2D eigenvalue weighted by molar-refractivity contribution is 0.0107. The van der Waals surface area contributed by atoms with Crippen LogP contribution in [0, 0.1) is 11.8 Å². The van der Waals surface area contributed by atoms with Gasteiger partial charge in [0.2, 0.25) is 6.29 Å². The van der Waals surface area contributed by atoms with Crippen LogP contribution in [0.25, 0.3) is 0 Å². The maximum Gasteiger partial charge on any atom is 0.217 e. The summed E-state index contributed by atoms with van der Waals surface area (Å²) in [6.45, 7) is 4.75. The Morgan fingerprint density at radius 3 is 1.46 bits per heavy atom. The molecule has 0 aliphatic heterocycles. The predicted molar refractivity (Wildman–Crippen MR) is 112 cm³/mol. The van der Waals surface area contributed by atoms with Crippen molar-refractivity contribution in [1.82, 2.24) is 0 Å². The maximum atomic E-state index is 8.57. The molecule has 0 unspecified atom stereocenters. The molecule has 26 heavy (non-hydrogen) atoms. The van der Waals surface area contributed by atoms with Crippen LogP contribution in [0.1, 0.15) is 104 Å². The quantitative estimate of drug-likeness (QED) is 0.240. The Morgan fingerprint density at radius 1 is 0.692 bits per heavy atom. The van der Waals surface area contributed by atoms with Crippen LogP contribution in [0.15, 0.2) is 0 Å². The standard InChI is InChI=1S/C12H26O.C8H14O2.C2H6O/c1-2-3-4-5-6-7-8-9-10-11-12-13;1-2-3-4-5-6-7-8(9)10;1-3-2/h13H,2-12H2,1H3;8-10H,2-5H2,1H3;1-2H3. The van der Waals surface area contributed by atoms with E-state index in [4.69, 9.17) is 15.3 Å². The summed E-state index contributed by atoms with van der Waals surface area (Å²) in [6, 6.07) is 0. The van der Waals surface area contributed by atoms with Gasteiger partial charge in [0, 0.05) is 27.2 Å². The lowest BCUT2D eigenvalue weighted by atomic mass is 10.1. The number of hydrogen-bond donors (Lipinski definition) is 3. The van der Waals surface area contributed by atoms with Gasteiger partial charge in [-0.05, 0) is 18.8 Å². The summed E-state index contributed by atoms with van der Waals surface area (Å²) < 4.78 is 4.25. The van der Waals surface area contributed by atoms with Gasteiger partial charge >= 0.3 is 0 Å². The van der Waals surface area contributed by atoms with Gasteiger partial charge in [-0.15, -0.1) is 0 Å². The maximum absolute atomic E-state index is 8.57.